The van der Waals surface area contributed by atoms with Crippen molar-refractivity contribution in [1.29, 1.82) is 0 Å². The molecule has 0 unspecified atom stereocenters. The van der Waals surface area contributed by atoms with Crippen LogP contribution in [0.3, 0.4) is 0 Å². The van der Waals surface area contributed by atoms with Crippen LogP contribution in [0, 0.1) is 13.8 Å². The van der Waals surface area contributed by atoms with Crippen LogP contribution < -0.4 is 11.1 Å². The van der Waals surface area contributed by atoms with E-state index in [2.05, 4.69) is 10.5 Å². The Kier molecular flexibility index (Phi) is 4.45. The molecule has 0 saturated carbocycles. The Bertz CT molecular complexity index is 672. The number of amides is 1. The molecule has 0 radical (unpaired) electrons. The van der Waals surface area contributed by atoms with Crippen molar-refractivity contribution in [2.45, 2.75) is 26.9 Å². The molecule has 1 amide bonds. The van der Waals surface area contributed by atoms with E-state index < -0.39 is 18.0 Å². The van der Waals surface area contributed by atoms with Crippen LogP contribution in [-0.2, 0) is 9.53 Å². The average molecular weight is 303 g/mol. The van der Waals surface area contributed by atoms with Gasteiger partial charge in [-0.05, 0) is 32.9 Å². The zero-order valence-electron chi connectivity index (χ0n) is 12.5. The number of nitrogens with one attached hydrogen (secondary N) is 1. The number of ether oxygens (including phenoxy) is 1. The highest BCUT2D eigenvalue weighted by Crippen LogP contribution is 2.17. The first-order valence-electron chi connectivity index (χ1n) is 6.68. The van der Waals surface area contributed by atoms with Crippen LogP contribution in [0.25, 0.3) is 0 Å². The Balaban J connectivity index is 1.99. The van der Waals surface area contributed by atoms with E-state index in [-0.39, 0.29) is 11.4 Å². The number of carbonyl (C=O) groups excluding carboxylic acids is 2. The number of carbonyl (C=O) groups is 2. The number of rotatable bonds is 4. The van der Waals surface area contributed by atoms with Gasteiger partial charge >= 0.3 is 5.97 Å². The maximum absolute atomic E-state index is 12.0. The minimum absolute atomic E-state index is 0.0370. The van der Waals surface area contributed by atoms with Crippen LogP contribution in [0.1, 0.15) is 28.5 Å². The Morgan fingerprint density at radius 2 is 1.91 bits per heavy atom. The molecular formula is C15H17N3O4. The van der Waals surface area contributed by atoms with Crippen molar-refractivity contribution in [3.8, 4) is 0 Å². The molecule has 22 heavy (non-hydrogen) atoms. The van der Waals surface area contributed by atoms with Crippen molar-refractivity contribution < 1.29 is 18.8 Å². The van der Waals surface area contributed by atoms with Crippen molar-refractivity contribution in [2.24, 2.45) is 0 Å². The van der Waals surface area contributed by atoms with Gasteiger partial charge < -0.3 is 20.3 Å². The number of nitrogens with zero attached hydrogens (tertiary/aromatic N) is 1. The third-order valence-electron chi connectivity index (χ3n) is 3.07. The van der Waals surface area contributed by atoms with Gasteiger partial charge in [-0.25, -0.2) is 4.79 Å². The molecule has 7 nitrogen and oxygen atoms in total. The van der Waals surface area contributed by atoms with Crippen LogP contribution >= 0.6 is 0 Å². The number of esters is 1. The van der Waals surface area contributed by atoms with Crippen LogP contribution in [0.15, 0.2) is 28.8 Å². The summed E-state index contributed by atoms with van der Waals surface area (Å²) < 4.78 is 9.77. The number of anilines is 2. The lowest BCUT2D eigenvalue weighted by Gasteiger charge is -2.13. The lowest BCUT2D eigenvalue weighted by molar-refractivity contribution is -0.123. The minimum atomic E-state index is -0.984. The van der Waals surface area contributed by atoms with Gasteiger partial charge in [-0.1, -0.05) is 22.9 Å². The van der Waals surface area contributed by atoms with Gasteiger partial charge in [-0.15, -0.1) is 0 Å². The molecule has 1 atom stereocenters. The predicted molar refractivity (Wildman–Crippen MR) is 80.3 cm³/mol. The van der Waals surface area contributed by atoms with Crippen molar-refractivity contribution in [3.63, 3.8) is 0 Å². The summed E-state index contributed by atoms with van der Waals surface area (Å²) in [6, 6.07) is 7.27. The smallest absolute Gasteiger partial charge is 0.346 e. The van der Waals surface area contributed by atoms with Gasteiger partial charge in [0, 0.05) is 5.69 Å². The largest absolute Gasteiger partial charge is 0.449 e. The van der Waals surface area contributed by atoms with Gasteiger partial charge in [0.05, 0.1) is 5.69 Å². The summed E-state index contributed by atoms with van der Waals surface area (Å²) in [5.41, 5.74) is 7.56. The Morgan fingerprint density at radius 1 is 1.27 bits per heavy atom. The summed E-state index contributed by atoms with van der Waals surface area (Å²) in [7, 11) is 0. The van der Waals surface area contributed by atoms with Gasteiger partial charge in [0.1, 0.15) is 5.56 Å². The summed E-state index contributed by atoms with van der Waals surface area (Å²) in [6.45, 7) is 4.98. The summed E-state index contributed by atoms with van der Waals surface area (Å²) >= 11 is 0. The zero-order chi connectivity index (χ0) is 16.3. The Morgan fingerprint density at radius 3 is 2.45 bits per heavy atom. The quantitative estimate of drug-likeness (QED) is 0.837. The lowest BCUT2D eigenvalue weighted by Crippen LogP contribution is -2.30. The van der Waals surface area contributed by atoms with Crippen LogP contribution in [0.2, 0.25) is 0 Å². The third-order valence-corrected chi connectivity index (χ3v) is 3.07. The number of aromatic nitrogens is 1. The van der Waals surface area contributed by atoms with Crippen molar-refractivity contribution in [1.82, 2.24) is 5.16 Å². The number of aryl methyl sites for hydroxylation is 2. The zero-order valence-corrected chi connectivity index (χ0v) is 12.5. The molecular weight excluding hydrogens is 286 g/mol. The Hall–Kier alpha value is -2.83. The molecule has 116 valence electrons. The molecule has 7 heteroatoms. The second-order valence-electron chi connectivity index (χ2n) is 4.91. The average Bonchev–Trinajstić information content (AvgIpc) is 2.80. The van der Waals surface area contributed by atoms with Crippen LogP contribution in [-0.4, -0.2) is 23.1 Å². The first-order chi connectivity index (χ1) is 10.4. The number of nitrogen functional groups attached to an aromatic ring is 1. The van der Waals surface area contributed by atoms with E-state index in [0.717, 1.165) is 5.56 Å². The fraction of sp³-hybridized carbons (Fsp3) is 0.267. The normalized spacial score (nSPS) is 11.8. The number of benzene rings is 1. The molecule has 1 heterocycles. The topological polar surface area (TPSA) is 107 Å². The van der Waals surface area contributed by atoms with E-state index >= 15 is 0 Å². The van der Waals surface area contributed by atoms with Gasteiger partial charge in [-0.3, -0.25) is 4.79 Å². The molecule has 0 aliphatic carbocycles. The summed E-state index contributed by atoms with van der Waals surface area (Å²) in [5.74, 6) is -1.32. The van der Waals surface area contributed by atoms with Crippen molar-refractivity contribution in [3.05, 3.63) is 41.1 Å². The van der Waals surface area contributed by atoms with E-state index in [1.54, 1.807) is 19.1 Å². The molecule has 0 spiro atoms. The minimum Gasteiger partial charge on any atom is -0.449 e. The first-order valence-corrected chi connectivity index (χ1v) is 6.68. The van der Waals surface area contributed by atoms with E-state index in [9.17, 15) is 9.59 Å². The summed E-state index contributed by atoms with van der Waals surface area (Å²) in [6.07, 6.45) is -0.984. The van der Waals surface area contributed by atoms with E-state index in [0.29, 0.717) is 11.4 Å². The maximum atomic E-state index is 12.0. The highest BCUT2D eigenvalue weighted by molar-refractivity contribution is 5.99. The molecule has 2 rings (SSSR count). The SMILES string of the molecule is Cc1ccc(NC(=O)[C@H](C)OC(=O)c2c(C)noc2N)cc1. The second kappa shape index (κ2) is 6.30. The van der Waals surface area contributed by atoms with Crippen LogP contribution in [0.5, 0.6) is 0 Å². The molecule has 2 aromatic rings. The standard InChI is InChI=1S/C15H17N3O4/c1-8-4-6-11(7-5-8)17-14(19)10(3)21-15(20)12-9(2)18-22-13(12)16/h4-7,10H,16H2,1-3H3,(H,17,19)/t10-/m0/s1. The first kappa shape index (κ1) is 15.6. The van der Waals surface area contributed by atoms with Gasteiger partial charge in [0.15, 0.2) is 6.10 Å². The van der Waals surface area contributed by atoms with Crippen molar-refractivity contribution >= 4 is 23.4 Å². The number of hydrogen-bond donors (Lipinski definition) is 2. The highest BCUT2D eigenvalue weighted by atomic mass is 16.5. The summed E-state index contributed by atoms with van der Waals surface area (Å²) in [5, 5.41) is 6.23. The fourth-order valence-electron chi connectivity index (χ4n) is 1.79. The summed E-state index contributed by atoms with van der Waals surface area (Å²) in [4.78, 5) is 24.0. The molecule has 0 saturated heterocycles. The molecule has 3 N–H and O–H groups in total. The number of hydrogen-bond acceptors (Lipinski definition) is 6. The monoisotopic (exact) mass is 303 g/mol. The fourth-order valence-corrected chi connectivity index (χ4v) is 1.79. The molecule has 0 bridgehead atoms. The van der Waals surface area contributed by atoms with Gasteiger partial charge in [0.25, 0.3) is 5.91 Å². The molecule has 0 aliphatic heterocycles. The van der Waals surface area contributed by atoms with E-state index in [1.807, 2.05) is 19.1 Å². The highest BCUT2D eigenvalue weighted by Gasteiger charge is 2.24. The van der Waals surface area contributed by atoms with E-state index in [4.69, 9.17) is 15.0 Å². The molecule has 1 aromatic carbocycles. The van der Waals surface area contributed by atoms with Gasteiger partial charge in [-0.2, -0.15) is 0 Å². The molecule has 0 fully saturated rings. The second-order valence-corrected chi connectivity index (χ2v) is 4.91. The van der Waals surface area contributed by atoms with Gasteiger partial charge in [0.2, 0.25) is 5.88 Å². The lowest BCUT2D eigenvalue weighted by atomic mass is 10.2. The molecule has 1 aromatic heterocycles. The van der Waals surface area contributed by atoms with Crippen molar-refractivity contribution in [2.75, 3.05) is 11.1 Å². The van der Waals surface area contributed by atoms with Crippen LogP contribution in [0.4, 0.5) is 11.6 Å². The Labute approximate surface area is 127 Å². The number of nitrogens with two attached hydrogens (primary N) is 1. The molecule has 0 aliphatic rings. The van der Waals surface area contributed by atoms with E-state index in [1.165, 1.54) is 6.92 Å². The maximum Gasteiger partial charge on any atom is 0.346 e. The predicted octanol–water partition coefficient (Wildman–Crippen LogP) is 2.06. The third kappa shape index (κ3) is 3.43.